The summed E-state index contributed by atoms with van der Waals surface area (Å²) in [6.07, 6.45) is 1.72. The molecule has 1 aromatic carbocycles. The van der Waals surface area contributed by atoms with Crippen LogP contribution in [0.1, 0.15) is 26.6 Å². The molecule has 0 saturated heterocycles. The summed E-state index contributed by atoms with van der Waals surface area (Å²) in [5.41, 5.74) is 6.75. The third kappa shape index (κ3) is 3.43. The van der Waals surface area contributed by atoms with Gasteiger partial charge in [0.2, 0.25) is 5.91 Å². The Balaban J connectivity index is 2.03. The lowest BCUT2D eigenvalue weighted by Crippen LogP contribution is -2.21. The molecule has 3 rings (SSSR count). The maximum absolute atomic E-state index is 11.4. The summed E-state index contributed by atoms with van der Waals surface area (Å²) >= 11 is 0. The molecule has 0 unspecified atom stereocenters. The van der Waals surface area contributed by atoms with E-state index >= 15 is 0 Å². The third-order valence-corrected chi connectivity index (χ3v) is 3.38. The number of nitrogens with one attached hydrogen (secondary N) is 1. The Hall–Kier alpha value is -2.74. The summed E-state index contributed by atoms with van der Waals surface area (Å²) in [6.45, 7) is 6.08. The van der Waals surface area contributed by atoms with Gasteiger partial charge in [0.1, 0.15) is 13.2 Å². The molecule has 2 heterocycles. The lowest BCUT2D eigenvalue weighted by molar-refractivity contribution is -0.118. The number of carbonyl (C=O) groups excluding carboxylic acids is 1. The maximum Gasteiger partial charge on any atom is 0.239 e. The topological polar surface area (TPSA) is 112 Å². The van der Waals surface area contributed by atoms with Gasteiger partial charge in [-0.3, -0.25) is 9.89 Å². The summed E-state index contributed by atoms with van der Waals surface area (Å²) in [5, 5.41) is 12.2. The SMILES string of the molecule is CC(C)(C)OCc1nc(-c2cccc3[nH]ncc23)n(CC(N)=O)n1. The Labute approximate surface area is 139 Å². The molecule has 3 N–H and O–H groups in total. The number of nitrogens with zero attached hydrogens (tertiary/aromatic N) is 4. The van der Waals surface area contributed by atoms with Crippen molar-refractivity contribution in [2.75, 3.05) is 0 Å². The zero-order chi connectivity index (χ0) is 17.3. The average Bonchev–Trinajstić information content (AvgIpc) is 3.10. The standard InChI is InChI=1S/C16H20N6O2/c1-16(2,3)24-9-14-19-15(22(21-14)8-13(17)23)10-5-4-6-12-11(10)7-18-20-12/h4-7H,8-9H2,1-3H3,(H2,17,23)(H,18,20). The highest BCUT2D eigenvalue weighted by molar-refractivity contribution is 5.92. The number of carbonyl (C=O) groups is 1. The van der Waals surface area contributed by atoms with E-state index in [2.05, 4.69) is 20.3 Å². The summed E-state index contributed by atoms with van der Waals surface area (Å²) in [5.74, 6) is 0.582. The van der Waals surface area contributed by atoms with Crippen molar-refractivity contribution in [2.45, 2.75) is 39.5 Å². The molecule has 2 aromatic heterocycles. The molecule has 0 saturated carbocycles. The van der Waals surface area contributed by atoms with Crippen LogP contribution in [-0.2, 0) is 22.7 Å². The third-order valence-electron chi connectivity index (χ3n) is 3.38. The molecule has 3 aromatic rings. The van der Waals surface area contributed by atoms with Crippen molar-refractivity contribution in [1.29, 1.82) is 0 Å². The quantitative estimate of drug-likeness (QED) is 0.739. The lowest BCUT2D eigenvalue weighted by Gasteiger charge is -2.17. The predicted molar refractivity (Wildman–Crippen MR) is 88.8 cm³/mol. The normalized spacial score (nSPS) is 12.0. The Kier molecular flexibility index (Phi) is 4.06. The Bertz CT molecular complexity index is 874. The summed E-state index contributed by atoms with van der Waals surface area (Å²) in [7, 11) is 0. The molecule has 8 heteroatoms. The van der Waals surface area contributed by atoms with E-state index in [4.69, 9.17) is 10.5 Å². The van der Waals surface area contributed by atoms with Gasteiger partial charge in [0.25, 0.3) is 0 Å². The molecular weight excluding hydrogens is 308 g/mol. The van der Waals surface area contributed by atoms with Gasteiger partial charge in [-0.25, -0.2) is 9.67 Å². The van der Waals surface area contributed by atoms with Gasteiger partial charge in [-0.2, -0.15) is 10.2 Å². The van der Waals surface area contributed by atoms with Crippen molar-refractivity contribution in [3.05, 3.63) is 30.2 Å². The zero-order valence-electron chi connectivity index (χ0n) is 13.9. The number of hydrogen-bond donors (Lipinski definition) is 2. The van der Waals surface area contributed by atoms with Crippen molar-refractivity contribution >= 4 is 16.8 Å². The Morgan fingerprint density at radius 3 is 2.88 bits per heavy atom. The second-order valence-electron chi connectivity index (χ2n) is 6.51. The van der Waals surface area contributed by atoms with Gasteiger partial charge in [0, 0.05) is 10.9 Å². The van der Waals surface area contributed by atoms with Crippen LogP contribution in [0.25, 0.3) is 22.3 Å². The van der Waals surface area contributed by atoms with Crippen molar-refractivity contribution in [2.24, 2.45) is 5.73 Å². The van der Waals surface area contributed by atoms with Crippen molar-refractivity contribution < 1.29 is 9.53 Å². The van der Waals surface area contributed by atoms with Crippen LogP contribution in [0, 0.1) is 0 Å². The van der Waals surface area contributed by atoms with E-state index in [-0.39, 0.29) is 18.8 Å². The summed E-state index contributed by atoms with van der Waals surface area (Å²) < 4.78 is 7.23. The van der Waals surface area contributed by atoms with Crippen molar-refractivity contribution in [3.8, 4) is 11.4 Å². The van der Waals surface area contributed by atoms with E-state index < -0.39 is 5.91 Å². The molecule has 0 bridgehead atoms. The van der Waals surface area contributed by atoms with Gasteiger partial charge in [-0.05, 0) is 26.8 Å². The van der Waals surface area contributed by atoms with E-state index in [1.54, 1.807) is 6.20 Å². The number of ether oxygens (including phenoxy) is 1. The van der Waals surface area contributed by atoms with Crippen molar-refractivity contribution in [1.82, 2.24) is 25.0 Å². The summed E-state index contributed by atoms with van der Waals surface area (Å²) in [4.78, 5) is 15.9. The minimum Gasteiger partial charge on any atom is -0.368 e. The van der Waals surface area contributed by atoms with Crippen LogP contribution >= 0.6 is 0 Å². The number of amides is 1. The van der Waals surface area contributed by atoms with Crippen LogP contribution in [0.15, 0.2) is 24.4 Å². The van der Waals surface area contributed by atoms with E-state index in [9.17, 15) is 4.79 Å². The number of benzene rings is 1. The first-order valence-corrected chi connectivity index (χ1v) is 7.62. The minimum absolute atomic E-state index is 0.0495. The van der Waals surface area contributed by atoms with Crippen molar-refractivity contribution in [3.63, 3.8) is 0 Å². The first-order valence-electron chi connectivity index (χ1n) is 7.62. The van der Waals surface area contributed by atoms with Crippen LogP contribution in [0.2, 0.25) is 0 Å². The molecule has 0 aliphatic carbocycles. The van der Waals surface area contributed by atoms with Gasteiger partial charge in [-0.1, -0.05) is 12.1 Å². The number of rotatable bonds is 5. The maximum atomic E-state index is 11.4. The molecule has 126 valence electrons. The van der Waals surface area contributed by atoms with Crippen LogP contribution < -0.4 is 5.73 Å². The first kappa shape index (κ1) is 16.1. The predicted octanol–water partition coefficient (Wildman–Crippen LogP) is 1.62. The molecule has 0 atom stereocenters. The molecular formula is C16H20N6O2. The number of hydrogen-bond acceptors (Lipinski definition) is 5. The van der Waals surface area contributed by atoms with Gasteiger partial charge in [0.15, 0.2) is 11.6 Å². The molecule has 0 aliphatic rings. The number of H-pyrrole nitrogens is 1. The molecule has 0 aliphatic heterocycles. The fourth-order valence-electron chi connectivity index (χ4n) is 2.35. The largest absolute Gasteiger partial charge is 0.368 e. The van der Waals surface area contributed by atoms with Crippen LogP contribution in [0.3, 0.4) is 0 Å². The number of nitrogens with two attached hydrogens (primary N) is 1. The number of aromatic amines is 1. The van der Waals surface area contributed by atoms with E-state index in [1.807, 2.05) is 39.0 Å². The minimum atomic E-state index is -0.483. The second-order valence-corrected chi connectivity index (χ2v) is 6.51. The molecule has 0 spiro atoms. The van der Waals surface area contributed by atoms with E-state index in [0.717, 1.165) is 16.5 Å². The van der Waals surface area contributed by atoms with E-state index in [0.29, 0.717) is 11.6 Å². The highest BCUT2D eigenvalue weighted by Crippen LogP contribution is 2.26. The fraction of sp³-hybridized carbons (Fsp3) is 0.375. The van der Waals surface area contributed by atoms with Crippen LogP contribution in [0.5, 0.6) is 0 Å². The molecule has 1 amide bonds. The van der Waals surface area contributed by atoms with E-state index in [1.165, 1.54) is 4.68 Å². The fourth-order valence-corrected chi connectivity index (χ4v) is 2.35. The Morgan fingerprint density at radius 1 is 1.38 bits per heavy atom. The van der Waals surface area contributed by atoms with Gasteiger partial charge < -0.3 is 10.5 Å². The smallest absolute Gasteiger partial charge is 0.239 e. The second kappa shape index (κ2) is 6.04. The number of primary amides is 1. The lowest BCUT2D eigenvalue weighted by atomic mass is 10.1. The Morgan fingerprint density at radius 2 is 2.17 bits per heavy atom. The monoisotopic (exact) mass is 328 g/mol. The number of aromatic nitrogens is 5. The van der Waals surface area contributed by atoms with Gasteiger partial charge in [-0.15, -0.1) is 0 Å². The number of fused-ring (bicyclic) bond motifs is 1. The van der Waals surface area contributed by atoms with Gasteiger partial charge >= 0.3 is 0 Å². The molecule has 8 nitrogen and oxygen atoms in total. The van der Waals surface area contributed by atoms with Gasteiger partial charge in [0.05, 0.1) is 17.3 Å². The highest BCUT2D eigenvalue weighted by Gasteiger charge is 2.18. The summed E-state index contributed by atoms with van der Waals surface area (Å²) in [6, 6.07) is 5.72. The highest BCUT2D eigenvalue weighted by atomic mass is 16.5. The average molecular weight is 328 g/mol. The zero-order valence-corrected chi connectivity index (χ0v) is 13.9. The molecule has 24 heavy (non-hydrogen) atoms. The van der Waals surface area contributed by atoms with Crippen LogP contribution in [-0.4, -0.2) is 36.5 Å². The van der Waals surface area contributed by atoms with Crippen LogP contribution in [0.4, 0.5) is 0 Å². The first-order chi connectivity index (χ1) is 11.3. The molecule has 0 fully saturated rings. The molecule has 0 radical (unpaired) electrons.